The first-order valence-corrected chi connectivity index (χ1v) is 8.50. The molecule has 23 heavy (non-hydrogen) atoms. The molecule has 0 fully saturated rings. The average Bonchev–Trinajstić information content (AvgIpc) is 2.98. The minimum atomic E-state index is -0.561. The minimum absolute atomic E-state index is 0.261. The van der Waals surface area contributed by atoms with Crippen LogP contribution in [0.4, 0.5) is 0 Å². The maximum absolute atomic E-state index is 10.1. The summed E-state index contributed by atoms with van der Waals surface area (Å²) in [4.78, 5) is 4.38. The van der Waals surface area contributed by atoms with Gasteiger partial charge in [-0.3, -0.25) is 0 Å². The first kappa shape index (κ1) is 15.9. The van der Waals surface area contributed by atoms with Gasteiger partial charge in [0.25, 0.3) is 0 Å². The first-order chi connectivity index (χ1) is 11.2. The molecule has 1 atom stereocenters. The third-order valence-corrected chi connectivity index (χ3v) is 4.36. The molecule has 0 saturated carbocycles. The molecule has 0 bridgehead atoms. The zero-order valence-corrected chi connectivity index (χ0v) is 13.8. The van der Waals surface area contributed by atoms with Gasteiger partial charge in [-0.15, -0.1) is 11.3 Å². The lowest BCUT2D eigenvalue weighted by molar-refractivity contribution is 0.107. The molecule has 0 aliphatic rings. The molecule has 0 amide bonds. The molecule has 0 unspecified atom stereocenters. The highest BCUT2D eigenvalue weighted by atomic mass is 32.1. The molecule has 4 nitrogen and oxygen atoms in total. The summed E-state index contributed by atoms with van der Waals surface area (Å²) in [5.74, 6) is 0.803. The number of hydrogen-bond donors (Lipinski definition) is 2. The van der Waals surface area contributed by atoms with Gasteiger partial charge in [-0.05, 0) is 18.4 Å². The van der Waals surface area contributed by atoms with Gasteiger partial charge in [-0.25, -0.2) is 4.98 Å². The number of nitrogens with one attached hydrogen (secondary N) is 1. The van der Waals surface area contributed by atoms with E-state index in [1.54, 1.807) is 11.3 Å². The topological polar surface area (TPSA) is 54.4 Å². The van der Waals surface area contributed by atoms with Crippen molar-refractivity contribution in [1.82, 2.24) is 10.3 Å². The maximum atomic E-state index is 10.1. The van der Waals surface area contributed by atoms with Crippen LogP contribution >= 0.6 is 11.3 Å². The number of fused-ring (bicyclic) bond motifs is 1. The highest BCUT2D eigenvalue weighted by Gasteiger charge is 2.07. The lowest BCUT2D eigenvalue weighted by Gasteiger charge is -2.14. The average molecular weight is 328 g/mol. The van der Waals surface area contributed by atoms with Crippen LogP contribution < -0.4 is 10.1 Å². The predicted octanol–water partition coefficient (Wildman–Crippen LogP) is 3.13. The Bertz CT molecular complexity index is 767. The second-order valence-corrected chi connectivity index (χ2v) is 6.49. The van der Waals surface area contributed by atoms with E-state index in [1.165, 1.54) is 0 Å². The number of aliphatic hydroxyl groups excluding tert-OH is 1. The molecule has 0 radical (unpaired) electrons. The molecule has 0 saturated heterocycles. The quantitative estimate of drug-likeness (QED) is 0.700. The van der Waals surface area contributed by atoms with Crippen molar-refractivity contribution in [2.75, 3.05) is 13.2 Å². The Morgan fingerprint density at radius 3 is 2.87 bits per heavy atom. The largest absolute Gasteiger partial charge is 0.490 e. The van der Waals surface area contributed by atoms with E-state index in [0.717, 1.165) is 27.2 Å². The van der Waals surface area contributed by atoms with Crippen molar-refractivity contribution in [3.63, 3.8) is 0 Å². The monoisotopic (exact) mass is 328 g/mol. The third-order valence-electron chi connectivity index (χ3n) is 3.53. The highest BCUT2D eigenvalue weighted by Crippen LogP contribution is 2.25. The molecular weight excluding hydrogens is 308 g/mol. The predicted molar refractivity (Wildman–Crippen MR) is 94.0 cm³/mol. The summed E-state index contributed by atoms with van der Waals surface area (Å²) in [6.45, 7) is 3.38. The number of thiazole rings is 1. The number of aryl methyl sites for hydroxylation is 1. The van der Waals surface area contributed by atoms with E-state index < -0.39 is 6.10 Å². The standard InChI is InChI=1S/C18H20N2O2S/c1-13-20-15(12-23-13)9-19-10-16(21)11-22-18-8-4-6-14-5-2-3-7-17(14)18/h2-8,12,16,19,21H,9-11H2,1H3/t16-/m1/s1. The second kappa shape index (κ2) is 7.55. The maximum Gasteiger partial charge on any atom is 0.127 e. The van der Waals surface area contributed by atoms with E-state index in [0.29, 0.717) is 13.1 Å². The van der Waals surface area contributed by atoms with Gasteiger partial charge in [-0.2, -0.15) is 0 Å². The zero-order chi connectivity index (χ0) is 16.1. The van der Waals surface area contributed by atoms with E-state index in [9.17, 15) is 5.11 Å². The van der Waals surface area contributed by atoms with Crippen LogP contribution in [0.5, 0.6) is 5.75 Å². The van der Waals surface area contributed by atoms with Crippen molar-refractivity contribution >= 4 is 22.1 Å². The van der Waals surface area contributed by atoms with Crippen LogP contribution in [-0.2, 0) is 6.54 Å². The summed E-state index contributed by atoms with van der Waals surface area (Å²) in [6.07, 6.45) is -0.561. The van der Waals surface area contributed by atoms with Crippen LogP contribution in [0.2, 0.25) is 0 Å². The summed E-state index contributed by atoms with van der Waals surface area (Å²) < 4.78 is 5.78. The Kier molecular flexibility index (Phi) is 5.23. The second-order valence-electron chi connectivity index (χ2n) is 5.43. The molecular formula is C18H20N2O2S. The third kappa shape index (κ3) is 4.28. The molecule has 2 N–H and O–H groups in total. The molecule has 1 heterocycles. The molecule has 3 aromatic rings. The van der Waals surface area contributed by atoms with Gasteiger partial charge in [0.15, 0.2) is 0 Å². The highest BCUT2D eigenvalue weighted by molar-refractivity contribution is 7.09. The van der Waals surface area contributed by atoms with Gasteiger partial charge in [-0.1, -0.05) is 36.4 Å². The van der Waals surface area contributed by atoms with Crippen LogP contribution in [0.3, 0.4) is 0 Å². The Morgan fingerprint density at radius 1 is 1.22 bits per heavy atom. The molecule has 5 heteroatoms. The summed E-state index contributed by atoms with van der Waals surface area (Å²) in [5, 5.41) is 18.5. The molecule has 0 aliphatic carbocycles. The zero-order valence-electron chi connectivity index (χ0n) is 13.0. The number of rotatable bonds is 7. The normalized spacial score (nSPS) is 12.4. The summed E-state index contributed by atoms with van der Waals surface area (Å²) in [5.41, 5.74) is 1.01. The molecule has 120 valence electrons. The number of benzene rings is 2. The van der Waals surface area contributed by atoms with Crippen LogP contribution in [0.1, 0.15) is 10.7 Å². The van der Waals surface area contributed by atoms with E-state index in [-0.39, 0.29) is 6.61 Å². The van der Waals surface area contributed by atoms with Gasteiger partial charge in [0.05, 0.1) is 10.7 Å². The lowest BCUT2D eigenvalue weighted by Crippen LogP contribution is -2.31. The Morgan fingerprint density at radius 2 is 2.04 bits per heavy atom. The van der Waals surface area contributed by atoms with E-state index in [4.69, 9.17) is 4.74 Å². The van der Waals surface area contributed by atoms with E-state index in [1.807, 2.05) is 42.6 Å². The van der Waals surface area contributed by atoms with E-state index >= 15 is 0 Å². The van der Waals surface area contributed by atoms with Gasteiger partial charge in [0.1, 0.15) is 18.5 Å². The first-order valence-electron chi connectivity index (χ1n) is 7.63. The van der Waals surface area contributed by atoms with Crippen molar-refractivity contribution in [3.8, 4) is 5.75 Å². The Labute approximate surface area is 139 Å². The SMILES string of the molecule is Cc1nc(CNC[C@@H](O)COc2cccc3ccccc23)cs1. The van der Waals surface area contributed by atoms with Gasteiger partial charge in [0, 0.05) is 23.9 Å². The molecule has 1 aromatic heterocycles. The Balaban J connectivity index is 1.49. The van der Waals surface area contributed by atoms with Gasteiger partial charge < -0.3 is 15.2 Å². The molecule has 0 aliphatic heterocycles. The number of aliphatic hydroxyl groups is 1. The summed E-state index contributed by atoms with van der Waals surface area (Å²) in [6, 6.07) is 14.0. The summed E-state index contributed by atoms with van der Waals surface area (Å²) in [7, 11) is 0. The minimum Gasteiger partial charge on any atom is -0.490 e. The van der Waals surface area contributed by atoms with Crippen molar-refractivity contribution in [2.45, 2.75) is 19.6 Å². The lowest BCUT2D eigenvalue weighted by atomic mass is 10.1. The Hall–Kier alpha value is -1.95. The van der Waals surface area contributed by atoms with Gasteiger partial charge >= 0.3 is 0 Å². The van der Waals surface area contributed by atoms with Crippen molar-refractivity contribution in [1.29, 1.82) is 0 Å². The van der Waals surface area contributed by atoms with E-state index in [2.05, 4.69) is 22.4 Å². The fourth-order valence-corrected chi connectivity index (χ4v) is 3.04. The van der Waals surface area contributed by atoms with Gasteiger partial charge in [0.2, 0.25) is 0 Å². The number of ether oxygens (including phenoxy) is 1. The number of nitrogens with zero attached hydrogens (tertiary/aromatic N) is 1. The van der Waals surface area contributed by atoms with Crippen LogP contribution in [-0.4, -0.2) is 29.3 Å². The molecule has 3 rings (SSSR count). The van der Waals surface area contributed by atoms with Crippen molar-refractivity contribution in [2.24, 2.45) is 0 Å². The smallest absolute Gasteiger partial charge is 0.127 e. The van der Waals surface area contributed by atoms with Crippen molar-refractivity contribution < 1.29 is 9.84 Å². The fraction of sp³-hybridized carbons (Fsp3) is 0.278. The number of hydrogen-bond acceptors (Lipinski definition) is 5. The van der Waals surface area contributed by atoms with Crippen molar-refractivity contribution in [3.05, 3.63) is 58.5 Å². The summed E-state index contributed by atoms with van der Waals surface area (Å²) >= 11 is 1.63. The molecule has 0 spiro atoms. The van der Waals surface area contributed by atoms with Crippen LogP contribution in [0.15, 0.2) is 47.8 Å². The fourth-order valence-electron chi connectivity index (χ4n) is 2.42. The molecule has 2 aromatic carbocycles. The number of aromatic nitrogens is 1. The van der Waals surface area contributed by atoms with Crippen LogP contribution in [0, 0.1) is 6.92 Å². The van der Waals surface area contributed by atoms with Crippen LogP contribution in [0.25, 0.3) is 10.8 Å².